The minimum Gasteiger partial charge on any atom is -0.309 e. The Morgan fingerprint density at radius 1 is 0.471 bits per heavy atom. The number of fused-ring (bicyclic) bond motifs is 7. The highest BCUT2D eigenvalue weighted by molar-refractivity contribution is 6.14. The lowest BCUT2D eigenvalue weighted by molar-refractivity contribution is 0.445. The molecule has 0 bridgehead atoms. The van der Waals surface area contributed by atoms with E-state index in [0.29, 0.717) is 5.92 Å². The summed E-state index contributed by atoms with van der Waals surface area (Å²) in [7, 11) is 0. The van der Waals surface area contributed by atoms with Crippen LogP contribution in [0.15, 0.2) is 231 Å². The third-order valence-corrected chi connectivity index (χ3v) is 15.4. The van der Waals surface area contributed by atoms with E-state index in [9.17, 15) is 0 Å². The molecule has 2 nitrogen and oxygen atoms in total. The molecule has 2 aliphatic rings. The predicted octanol–water partition coefficient (Wildman–Crippen LogP) is 18.1. The molecular weight excluding hydrogens is 821 g/mol. The van der Waals surface area contributed by atoms with Crippen LogP contribution in [-0.4, -0.2) is 4.57 Å². The number of para-hydroxylation sites is 4. The Kier molecular flexibility index (Phi) is 9.75. The van der Waals surface area contributed by atoms with Gasteiger partial charge in [0.2, 0.25) is 0 Å². The molecule has 1 fully saturated rings. The monoisotopic (exact) mass is 872 g/mol. The Balaban J connectivity index is 1.09. The van der Waals surface area contributed by atoms with Crippen LogP contribution in [0, 0.1) is 0 Å². The Morgan fingerprint density at radius 2 is 1.09 bits per heavy atom. The van der Waals surface area contributed by atoms with Crippen molar-refractivity contribution in [1.29, 1.82) is 0 Å². The maximum absolute atomic E-state index is 2.58. The molecule has 68 heavy (non-hydrogen) atoms. The molecule has 10 aromatic carbocycles. The molecule has 0 saturated heterocycles. The van der Waals surface area contributed by atoms with Crippen molar-refractivity contribution >= 4 is 49.6 Å². The van der Waals surface area contributed by atoms with Crippen LogP contribution in [0.3, 0.4) is 0 Å². The second-order valence-electron chi connectivity index (χ2n) is 19.1. The van der Waals surface area contributed by atoms with E-state index in [2.05, 4.69) is 247 Å². The molecule has 1 unspecified atom stereocenters. The van der Waals surface area contributed by atoms with Gasteiger partial charge in [-0.25, -0.2) is 0 Å². The Hall–Kier alpha value is -7.94. The van der Waals surface area contributed by atoms with Gasteiger partial charge < -0.3 is 9.47 Å². The van der Waals surface area contributed by atoms with E-state index >= 15 is 0 Å². The number of hydrogen-bond donors (Lipinski definition) is 0. The number of hydrogen-bond acceptors (Lipinski definition) is 1. The fourth-order valence-electron chi connectivity index (χ4n) is 12.4. The van der Waals surface area contributed by atoms with Gasteiger partial charge in [-0.15, -0.1) is 0 Å². The zero-order chi connectivity index (χ0) is 45.2. The second-order valence-corrected chi connectivity index (χ2v) is 19.1. The molecule has 0 amide bonds. The van der Waals surface area contributed by atoms with Crippen molar-refractivity contribution in [1.82, 2.24) is 4.57 Å². The Labute approximate surface area is 399 Å². The van der Waals surface area contributed by atoms with E-state index in [0.717, 1.165) is 17.1 Å². The summed E-state index contributed by atoms with van der Waals surface area (Å²) in [5, 5.41) is 5.20. The first-order valence-corrected chi connectivity index (χ1v) is 24.5. The van der Waals surface area contributed by atoms with Gasteiger partial charge in [0.25, 0.3) is 0 Å². The van der Waals surface area contributed by atoms with Crippen LogP contribution < -0.4 is 4.90 Å². The molecule has 0 radical (unpaired) electrons. The van der Waals surface area contributed by atoms with Gasteiger partial charge in [0.05, 0.1) is 22.4 Å². The van der Waals surface area contributed by atoms with E-state index in [4.69, 9.17) is 0 Å². The Morgan fingerprint density at radius 3 is 1.94 bits per heavy atom. The first kappa shape index (κ1) is 40.3. The molecule has 11 aromatic rings. The lowest BCUT2D eigenvalue weighted by Crippen LogP contribution is -2.22. The lowest BCUT2D eigenvalue weighted by Gasteiger charge is -2.32. The van der Waals surface area contributed by atoms with E-state index < -0.39 is 0 Å². The molecule has 1 heterocycles. The van der Waals surface area contributed by atoms with Gasteiger partial charge in [0, 0.05) is 44.3 Å². The van der Waals surface area contributed by atoms with Gasteiger partial charge in [-0.3, -0.25) is 0 Å². The van der Waals surface area contributed by atoms with Gasteiger partial charge in [-0.1, -0.05) is 207 Å². The molecule has 2 heteroatoms. The summed E-state index contributed by atoms with van der Waals surface area (Å²) in [6.45, 7) is 2.42. The second kappa shape index (κ2) is 16.4. The number of aromatic nitrogens is 1. The highest BCUT2D eigenvalue weighted by atomic mass is 15.1. The van der Waals surface area contributed by atoms with Crippen LogP contribution in [0.4, 0.5) is 17.1 Å². The van der Waals surface area contributed by atoms with Gasteiger partial charge in [-0.05, 0) is 118 Å². The summed E-state index contributed by atoms with van der Waals surface area (Å²) in [5.74, 6) is 0.562. The summed E-state index contributed by atoms with van der Waals surface area (Å²) in [6, 6.07) is 86.2. The maximum Gasteiger partial charge on any atom is 0.0619 e. The van der Waals surface area contributed by atoms with Crippen molar-refractivity contribution in [2.24, 2.45) is 0 Å². The Bertz CT molecular complexity index is 3680. The third-order valence-electron chi connectivity index (χ3n) is 15.4. The van der Waals surface area contributed by atoms with Gasteiger partial charge in [-0.2, -0.15) is 0 Å². The van der Waals surface area contributed by atoms with Crippen LogP contribution in [-0.2, 0) is 5.41 Å². The maximum atomic E-state index is 2.58. The summed E-state index contributed by atoms with van der Waals surface area (Å²) in [5.41, 5.74) is 19.6. The summed E-state index contributed by atoms with van der Waals surface area (Å²) in [6.07, 6.45) is 6.43. The van der Waals surface area contributed by atoms with Crippen LogP contribution >= 0.6 is 0 Å². The van der Waals surface area contributed by atoms with E-state index in [1.807, 2.05) is 0 Å². The number of benzene rings is 10. The SMILES string of the molecule is CC1(c2ccccc2)c2ccccc2-c2c(N(c3cccc(-c4cccc5c6ccccc6n(-c6ccccc6)c45)c3)c3ccccc3-c3cccc4cccc(C5CCCCC5)c34)cccc21. The zero-order valence-electron chi connectivity index (χ0n) is 38.4. The van der Waals surface area contributed by atoms with Crippen molar-refractivity contribution in [2.75, 3.05) is 4.90 Å². The van der Waals surface area contributed by atoms with E-state index in [1.165, 1.54) is 126 Å². The van der Waals surface area contributed by atoms with E-state index in [-0.39, 0.29) is 5.41 Å². The fourth-order valence-corrected chi connectivity index (χ4v) is 12.4. The van der Waals surface area contributed by atoms with Crippen molar-refractivity contribution in [3.8, 4) is 39.1 Å². The zero-order valence-corrected chi connectivity index (χ0v) is 38.4. The molecule has 1 saturated carbocycles. The van der Waals surface area contributed by atoms with Gasteiger partial charge in [0.15, 0.2) is 0 Å². The normalized spacial score (nSPS) is 15.7. The summed E-state index contributed by atoms with van der Waals surface area (Å²) >= 11 is 0. The molecular formula is C66H52N2. The first-order chi connectivity index (χ1) is 33.7. The van der Waals surface area contributed by atoms with Crippen LogP contribution in [0.5, 0.6) is 0 Å². The molecule has 0 spiro atoms. The highest BCUT2D eigenvalue weighted by Crippen LogP contribution is 2.58. The molecule has 1 aromatic heterocycles. The van der Waals surface area contributed by atoms with Crippen LogP contribution in [0.25, 0.3) is 71.6 Å². The van der Waals surface area contributed by atoms with Crippen LogP contribution in [0.2, 0.25) is 0 Å². The molecule has 13 rings (SSSR count). The number of nitrogens with zero attached hydrogens (tertiary/aromatic N) is 2. The van der Waals surface area contributed by atoms with Crippen molar-refractivity contribution in [3.05, 3.63) is 253 Å². The standard InChI is InChI=1S/C66H52N2/c1-66(48-27-7-3-8-28-48)58-39-14-11-34-57(58)64-59(66)40-21-43-62(64)67(60-41-15-12-32-53(60)55-37-19-25-46-24-18-35-51(63(46)55)45-22-5-2-6-23-45)50-31-17-26-47(44-50)52-36-20-38-56-54-33-13-16-42-61(54)68(65(52)56)49-29-9-4-10-30-49/h3-4,7-21,24-45H,2,5-6,22-23H2,1H3. The van der Waals surface area contributed by atoms with Crippen LogP contribution in [0.1, 0.15) is 67.2 Å². The molecule has 0 aliphatic heterocycles. The average Bonchev–Trinajstić information content (AvgIpc) is 3.90. The smallest absolute Gasteiger partial charge is 0.0619 e. The average molecular weight is 873 g/mol. The highest BCUT2D eigenvalue weighted by Gasteiger charge is 2.42. The molecule has 0 N–H and O–H groups in total. The first-order valence-electron chi connectivity index (χ1n) is 24.5. The molecule has 326 valence electrons. The van der Waals surface area contributed by atoms with E-state index in [1.54, 1.807) is 0 Å². The lowest BCUT2D eigenvalue weighted by atomic mass is 9.74. The molecule has 2 aliphatic carbocycles. The predicted molar refractivity (Wildman–Crippen MR) is 287 cm³/mol. The van der Waals surface area contributed by atoms with Crippen molar-refractivity contribution in [3.63, 3.8) is 0 Å². The summed E-state index contributed by atoms with van der Waals surface area (Å²) < 4.78 is 2.45. The number of rotatable bonds is 8. The van der Waals surface area contributed by atoms with Gasteiger partial charge in [0.1, 0.15) is 0 Å². The number of anilines is 3. The fraction of sp³-hybridized carbons (Fsp3) is 0.121. The quantitative estimate of drug-likeness (QED) is 0.148. The largest absolute Gasteiger partial charge is 0.309 e. The van der Waals surface area contributed by atoms with Crippen molar-refractivity contribution in [2.45, 2.75) is 50.4 Å². The molecule has 1 atom stereocenters. The van der Waals surface area contributed by atoms with Crippen molar-refractivity contribution < 1.29 is 0 Å². The topological polar surface area (TPSA) is 8.17 Å². The minimum atomic E-state index is -0.346. The van der Waals surface area contributed by atoms with Gasteiger partial charge >= 0.3 is 0 Å². The summed E-state index contributed by atoms with van der Waals surface area (Å²) in [4.78, 5) is 2.58. The third kappa shape index (κ3) is 6.31. The minimum absolute atomic E-state index is 0.346.